The second-order valence-electron chi connectivity index (χ2n) is 4.42. The minimum absolute atomic E-state index is 0.114. The number of carbonyl (C=O) groups is 2. The van der Waals surface area contributed by atoms with E-state index in [4.69, 9.17) is 4.74 Å². The molecule has 3 heteroatoms. The second-order valence-corrected chi connectivity index (χ2v) is 4.42. The lowest BCUT2D eigenvalue weighted by Gasteiger charge is -2.28. The van der Waals surface area contributed by atoms with E-state index in [-0.39, 0.29) is 23.4 Å². The van der Waals surface area contributed by atoms with Crippen LogP contribution >= 0.6 is 0 Å². The molecule has 2 aliphatic rings. The fraction of sp³-hybridized carbons (Fsp3) is 0.286. The van der Waals surface area contributed by atoms with E-state index in [1.807, 2.05) is 0 Å². The molecule has 3 nitrogen and oxygen atoms in total. The molecule has 0 unspecified atom stereocenters. The molecule has 0 saturated heterocycles. The van der Waals surface area contributed by atoms with Gasteiger partial charge in [0.2, 0.25) is 5.78 Å². The van der Waals surface area contributed by atoms with Crippen LogP contribution in [0.5, 0.6) is 0 Å². The Morgan fingerprint density at radius 3 is 2.41 bits per heavy atom. The van der Waals surface area contributed by atoms with Gasteiger partial charge in [0.15, 0.2) is 11.5 Å². The number of rotatable bonds is 2. The number of benzene rings is 1. The van der Waals surface area contributed by atoms with E-state index in [2.05, 4.69) is 0 Å². The monoisotopic (exact) mass is 228 g/mol. The lowest BCUT2D eigenvalue weighted by atomic mass is 9.92. The molecule has 0 N–H and O–H groups in total. The molecular formula is C14H12O3. The third kappa shape index (κ3) is 1.68. The molecule has 1 aromatic carbocycles. The summed E-state index contributed by atoms with van der Waals surface area (Å²) in [6.45, 7) is 0. The molecule has 0 aliphatic heterocycles. The van der Waals surface area contributed by atoms with Crippen molar-refractivity contribution < 1.29 is 14.3 Å². The number of hydrogen-bond donors (Lipinski definition) is 0. The fourth-order valence-corrected chi connectivity index (χ4v) is 2.05. The summed E-state index contributed by atoms with van der Waals surface area (Å²) in [6, 6.07) is 6.87. The molecule has 0 bridgehead atoms. The Morgan fingerprint density at radius 1 is 1.06 bits per heavy atom. The summed E-state index contributed by atoms with van der Waals surface area (Å²) < 4.78 is 5.56. The molecule has 2 aliphatic carbocycles. The van der Waals surface area contributed by atoms with Crippen molar-refractivity contribution in [3.8, 4) is 0 Å². The minimum Gasteiger partial charge on any atom is -0.486 e. The highest BCUT2D eigenvalue weighted by molar-refractivity contribution is 6.23. The standard InChI is InChI=1S/C14H12O3/c15-12-8-13(17-9-4-3-5-9)14(16)11-7-2-1-6-10(11)12/h1-2,6-9H,3-5H2. The smallest absolute Gasteiger partial charge is 0.228 e. The Balaban J connectivity index is 1.93. The van der Waals surface area contributed by atoms with Crippen molar-refractivity contribution in [2.45, 2.75) is 25.4 Å². The quantitative estimate of drug-likeness (QED) is 0.781. The van der Waals surface area contributed by atoms with Gasteiger partial charge in [-0.05, 0) is 19.3 Å². The maximum atomic E-state index is 12.1. The number of ketones is 2. The predicted octanol–water partition coefficient (Wildman–Crippen LogP) is 2.52. The Hall–Kier alpha value is -1.90. The molecule has 0 aromatic heterocycles. The molecule has 0 radical (unpaired) electrons. The number of fused-ring (bicyclic) bond motifs is 1. The lowest BCUT2D eigenvalue weighted by molar-refractivity contribution is 0.0430. The highest BCUT2D eigenvalue weighted by Gasteiger charge is 2.29. The van der Waals surface area contributed by atoms with Gasteiger partial charge in [0.05, 0.1) is 6.10 Å². The maximum absolute atomic E-state index is 12.1. The average molecular weight is 228 g/mol. The van der Waals surface area contributed by atoms with E-state index in [1.54, 1.807) is 24.3 Å². The fourth-order valence-electron chi connectivity index (χ4n) is 2.05. The van der Waals surface area contributed by atoms with Crippen LogP contribution in [0.25, 0.3) is 0 Å². The number of Topliss-reactive ketones (excluding diaryl/α,β-unsaturated/α-hetero) is 1. The van der Waals surface area contributed by atoms with Gasteiger partial charge in [-0.15, -0.1) is 0 Å². The van der Waals surface area contributed by atoms with E-state index in [9.17, 15) is 9.59 Å². The van der Waals surface area contributed by atoms with Gasteiger partial charge in [-0.2, -0.15) is 0 Å². The van der Waals surface area contributed by atoms with Gasteiger partial charge in [0, 0.05) is 17.2 Å². The molecule has 3 rings (SSSR count). The van der Waals surface area contributed by atoms with Crippen molar-refractivity contribution >= 4 is 11.6 Å². The van der Waals surface area contributed by atoms with Crippen LogP contribution in [0.4, 0.5) is 0 Å². The summed E-state index contributed by atoms with van der Waals surface area (Å²) in [5.74, 6) is -0.111. The van der Waals surface area contributed by atoms with Gasteiger partial charge < -0.3 is 4.74 Å². The van der Waals surface area contributed by atoms with Crippen molar-refractivity contribution in [3.63, 3.8) is 0 Å². The molecular weight excluding hydrogens is 216 g/mol. The first kappa shape index (κ1) is 10.3. The zero-order valence-corrected chi connectivity index (χ0v) is 9.31. The topological polar surface area (TPSA) is 43.4 Å². The Kier molecular flexibility index (Phi) is 2.32. The molecule has 0 atom stereocenters. The number of ether oxygens (including phenoxy) is 1. The van der Waals surface area contributed by atoms with E-state index in [1.165, 1.54) is 6.08 Å². The van der Waals surface area contributed by atoms with Crippen LogP contribution in [0.15, 0.2) is 36.1 Å². The minimum atomic E-state index is -0.174. The zero-order valence-electron chi connectivity index (χ0n) is 9.31. The average Bonchev–Trinajstić information content (AvgIpc) is 2.30. The first-order chi connectivity index (χ1) is 8.25. The van der Waals surface area contributed by atoms with Crippen LogP contribution < -0.4 is 0 Å². The number of hydrogen-bond acceptors (Lipinski definition) is 3. The van der Waals surface area contributed by atoms with Gasteiger partial charge in [-0.25, -0.2) is 0 Å². The van der Waals surface area contributed by atoms with Crippen LogP contribution in [0.1, 0.15) is 40.0 Å². The van der Waals surface area contributed by atoms with Crippen molar-refractivity contribution in [2.75, 3.05) is 0 Å². The van der Waals surface area contributed by atoms with Gasteiger partial charge >= 0.3 is 0 Å². The SMILES string of the molecule is O=C1C=C(OC2CCC2)C(=O)c2ccccc21. The summed E-state index contributed by atoms with van der Waals surface area (Å²) >= 11 is 0. The van der Waals surface area contributed by atoms with Gasteiger partial charge in [0.1, 0.15) is 0 Å². The molecule has 86 valence electrons. The summed E-state index contributed by atoms with van der Waals surface area (Å²) in [5, 5.41) is 0. The largest absolute Gasteiger partial charge is 0.486 e. The van der Waals surface area contributed by atoms with E-state index in [0.29, 0.717) is 11.1 Å². The van der Waals surface area contributed by atoms with Gasteiger partial charge in [-0.3, -0.25) is 9.59 Å². The zero-order chi connectivity index (χ0) is 11.8. The molecule has 0 amide bonds. The molecule has 17 heavy (non-hydrogen) atoms. The van der Waals surface area contributed by atoms with Crippen LogP contribution in [0.2, 0.25) is 0 Å². The third-order valence-corrected chi connectivity index (χ3v) is 3.27. The Morgan fingerprint density at radius 2 is 1.76 bits per heavy atom. The lowest BCUT2D eigenvalue weighted by Crippen LogP contribution is -2.26. The molecule has 1 aromatic rings. The third-order valence-electron chi connectivity index (χ3n) is 3.27. The van der Waals surface area contributed by atoms with E-state index in [0.717, 1.165) is 19.3 Å². The molecule has 1 fully saturated rings. The maximum Gasteiger partial charge on any atom is 0.228 e. The summed E-state index contributed by atoms with van der Waals surface area (Å²) in [6.07, 6.45) is 4.52. The first-order valence-corrected chi connectivity index (χ1v) is 5.82. The van der Waals surface area contributed by atoms with Crippen molar-refractivity contribution in [1.82, 2.24) is 0 Å². The van der Waals surface area contributed by atoms with E-state index >= 15 is 0 Å². The van der Waals surface area contributed by atoms with E-state index < -0.39 is 0 Å². The predicted molar refractivity (Wildman–Crippen MR) is 61.9 cm³/mol. The summed E-state index contributed by atoms with van der Waals surface area (Å²) in [7, 11) is 0. The molecule has 0 spiro atoms. The van der Waals surface area contributed by atoms with Crippen LogP contribution in [-0.4, -0.2) is 17.7 Å². The summed E-state index contributed by atoms with van der Waals surface area (Å²) in [5.41, 5.74) is 0.924. The van der Waals surface area contributed by atoms with Gasteiger partial charge in [0.25, 0.3) is 0 Å². The normalized spacial score (nSPS) is 19.4. The number of carbonyl (C=O) groups excluding carboxylic acids is 2. The van der Waals surface area contributed by atoms with Crippen molar-refractivity contribution in [3.05, 3.63) is 47.2 Å². The Bertz CT molecular complexity index is 524. The molecule has 1 saturated carbocycles. The van der Waals surface area contributed by atoms with Crippen molar-refractivity contribution in [1.29, 1.82) is 0 Å². The van der Waals surface area contributed by atoms with Crippen LogP contribution in [0, 0.1) is 0 Å². The van der Waals surface area contributed by atoms with Gasteiger partial charge in [-0.1, -0.05) is 24.3 Å². The number of allylic oxidation sites excluding steroid dienone is 2. The second kappa shape index (κ2) is 3.84. The highest BCUT2D eigenvalue weighted by Crippen LogP contribution is 2.28. The first-order valence-electron chi connectivity index (χ1n) is 5.82. The van der Waals surface area contributed by atoms with Crippen molar-refractivity contribution in [2.24, 2.45) is 0 Å². The highest BCUT2D eigenvalue weighted by atomic mass is 16.5. The van der Waals surface area contributed by atoms with Crippen LogP contribution in [-0.2, 0) is 4.74 Å². The van der Waals surface area contributed by atoms with Crippen LogP contribution in [0.3, 0.4) is 0 Å². The summed E-state index contributed by atoms with van der Waals surface area (Å²) in [4.78, 5) is 23.9. The molecule has 0 heterocycles. The Labute approximate surface area is 99.1 Å².